The number of carbonyl (C=O) groups is 4. The Morgan fingerprint density at radius 3 is 2.25 bits per heavy atom. The number of nitrogens with zero attached hydrogens (tertiary/aromatic N) is 1. The SMILES string of the molecule is CCOc1ccc(CN2C(=O)c3ccccc3C2=O)cc1C(=O)OCC(N)=O. The molecular formula is C20H18N2O6. The van der Waals surface area contributed by atoms with Gasteiger partial charge in [-0.2, -0.15) is 0 Å². The van der Waals surface area contributed by atoms with Gasteiger partial charge in [-0.1, -0.05) is 18.2 Å². The molecule has 0 saturated heterocycles. The Morgan fingerprint density at radius 2 is 1.68 bits per heavy atom. The van der Waals surface area contributed by atoms with E-state index in [-0.39, 0.29) is 17.9 Å². The van der Waals surface area contributed by atoms with Gasteiger partial charge in [0.05, 0.1) is 24.3 Å². The number of benzene rings is 2. The van der Waals surface area contributed by atoms with Gasteiger partial charge in [0.1, 0.15) is 11.3 Å². The highest BCUT2D eigenvalue weighted by Gasteiger charge is 2.35. The lowest BCUT2D eigenvalue weighted by Gasteiger charge is -2.16. The Labute approximate surface area is 160 Å². The monoisotopic (exact) mass is 382 g/mol. The normalized spacial score (nSPS) is 12.7. The van der Waals surface area contributed by atoms with Crippen LogP contribution in [0.4, 0.5) is 0 Å². The lowest BCUT2D eigenvalue weighted by Crippen LogP contribution is -2.29. The molecule has 3 amide bonds. The quantitative estimate of drug-likeness (QED) is 0.573. The number of imide groups is 1. The topological polar surface area (TPSA) is 116 Å². The summed E-state index contributed by atoms with van der Waals surface area (Å²) in [6.07, 6.45) is 0. The molecule has 2 aromatic rings. The Hall–Kier alpha value is -3.68. The minimum atomic E-state index is -0.786. The van der Waals surface area contributed by atoms with Crippen LogP contribution in [0, 0.1) is 0 Å². The number of primary amides is 1. The van der Waals surface area contributed by atoms with Gasteiger partial charge in [0, 0.05) is 0 Å². The molecule has 0 aromatic heterocycles. The molecule has 2 N–H and O–H groups in total. The van der Waals surface area contributed by atoms with Crippen molar-refractivity contribution in [2.24, 2.45) is 5.73 Å². The van der Waals surface area contributed by atoms with E-state index in [4.69, 9.17) is 15.2 Å². The third-order valence-corrected chi connectivity index (χ3v) is 4.13. The summed E-state index contributed by atoms with van der Waals surface area (Å²) in [5.74, 6) is -2.09. The molecule has 3 rings (SSSR count). The summed E-state index contributed by atoms with van der Waals surface area (Å²) in [5, 5.41) is 0. The van der Waals surface area contributed by atoms with Crippen molar-refractivity contribution in [3.8, 4) is 5.75 Å². The standard InChI is InChI=1S/C20H18N2O6/c1-2-27-16-8-7-12(9-15(16)20(26)28-11-17(21)23)10-22-18(24)13-5-3-4-6-14(13)19(22)25/h3-9H,2,10-11H2,1H3,(H2,21,23). The van der Waals surface area contributed by atoms with Crippen LogP contribution in [0.15, 0.2) is 42.5 Å². The van der Waals surface area contributed by atoms with Crippen molar-refractivity contribution in [1.82, 2.24) is 4.90 Å². The molecular weight excluding hydrogens is 364 g/mol. The third-order valence-electron chi connectivity index (χ3n) is 4.13. The van der Waals surface area contributed by atoms with E-state index in [1.807, 2.05) is 0 Å². The molecule has 0 atom stereocenters. The van der Waals surface area contributed by atoms with Crippen LogP contribution in [-0.4, -0.2) is 41.8 Å². The minimum Gasteiger partial charge on any atom is -0.493 e. The Morgan fingerprint density at radius 1 is 1.04 bits per heavy atom. The van der Waals surface area contributed by atoms with Crippen molar-refractivity contribution in [3.63, 3.8) is 0 Å². The molecule has 8 heteroatoms. The average molecular weight is 382 g/mol. The van der Waals surface area contributed by atoms with Gasteiger partial charge in [0.15, 0.2) is 6.61 Å². The van der Waals surface area contributed by atoms with E-state index in [1.54, 1.807) is 43.3 Å². The summed E-state index contributed by atoms with van der Waals surface area (Å²) in [6, 6.07) is 11.3. The van der Waals surface area contributed by atoms with Gasteiger partial charge in [0.2, 0.25) is 0 Å². The maximum Gasteiger partial charge on any atom is 0.342 e. The van der Waals surface area contributed by atoms with Gasteiger partial charge in [-0.25, -0.2) is 4.79 Å². The molecule has 0 bridgehead atoms. The molecule has 0 unspecified atom stereocenters. The minimum absolute atomic E-state index is 0.0190. The number of nitrogens with two attached hydrogens (primary N) is 1. The fourth-order valence-electron chi connectivity index (χ4n) is 2.90. The molecule has 1 aliphatic rings. The molecule has 1 heterocycles. The van der Waals surface area contributed by atoms with E-state index in [2.05, 4.69) is 0 Å². The molecule has 0 saturated carbocycles. The van der Waals surface area contributed by atoms with Crippen LogP contribution < -0.4 is 10.5 Å². The average Bonchev–Trinajstić information content (AvgIpc) is 2.92. The number of carbonyl (C=O) groups excluding carboxylic acids is 4. The number of rotatable bonds is 7. The highest BCUT2D eigenvalue weighted by atomic mass is 16.5. The van der Waals surface area contributed by atoms with Gasteiger partial charge < -0.3 is 15.2 Å². The van der Waals surface area contributed by atoms with E-state index in [9.17, 15) is 19.2 Å². The van der Waals surface area contributed by atoms with Crippen molar-refractivity contribution in [1.29, 1.82) is 0 Å². The molecule has 0 spiro atoms. The van der Waals surface area contributed by atoms with Crippen LogP contribution in [0.1, 0.15) is 43.6 Å². The van der Waals surface area contributed by atoms with Gasteiger partial charge in [-0.05, 0) is 36.8 Å². The van der Waals surface area contributed by atoms with Crippen molar-refractivity contribution in [2.45, 2.75) is 13.5 Å². The Balaban J connectivity index is 1.86. The van der Waals surface area contributed by atoms with Gasteiger partial charge in [-0.15, -0.1) is 0 Å². The number of hydrogen-bond donors (Lipinski definition) is 1. The number of ether oxygens (including phenoxy) is 2. The van der Waals surface area contributed by atoms with Crippen molar-refractivity contribution in [3.05, 3.63) is 64.7 Å². The van der Waals surface area contributed by atoms with E-state index in [1.165, 1.54) is 6.07 Å². The first-order chi connectivity index (χ1) is 13.4. The van der Waals surface area contributed by atoms with E-state index < -0.39 is 30.3 Å². The second-order valence-corrected chi connectivity index (χ2v) is 6.05. The predicted octanol–water partition coefficient (Wildman–Crippen LogP) is 1.52. The smallest absolute Gasteiger partial charge is 0.342 e. The van der Waals surface area contributed by atoms with Gasteiger partial charge >= 0.3 is 5.97 Å². The molecule has 2 aromatic carbocycles. The second-order valence-electron chi connectivity index (χ2n) is 6.05. The van der Waals surface area contributed by atoms with Crippen LogP contribution in [0.3, 0.4) is 0 Å². The lowest BCUT2D eigenvalue weighted by atomic mass is 10.1. The zero-order valence-electron chi connectivity index (χ0n) is 15.1. The summed E-state index contributed by atoms with van der Waals surface area (Å²) in [4.78, 5) is 49.3. The summed E-state index contributed by atoms with van der Waals surface area (Å²) >= 11 is 0. The van der Waals surface area contributed by atoms with Crippen LogP contribution in [0.5, 0.6) is 5.75 Å². The molecule has 0 radical (unpaired) electrons. The summed E-state index contributed by atoms with van der Waals surface area (Å²) in [7, 11) is 0. The van der Waals surface area contributed by atoms with Crippen molar-refractivity contribution >= 4 is 23.7 Å². The zero-order chi connectivity index (χ0) is 20.3. The maximum absolute atomic E-state index is 12.5. The Bertz CT molecular complexity index is 934. The van der Waals surface area contributed by atoms with E-state index in [0.29, 0.717) is 23.3 Å². The summed E-state index contributed by atoms with van der Waals surface area (Å²) in [6.45, 7) is 1.49. The van der Waals surface area contributed by atoms with Crippen LogP contribution in [-0.2, 0) is 16.1 Å². The number of hydrogen-bond acceptors (Lipinski definition) is 6. The van der Waals surface area contributed by atoms with E-state index in [0.717, 1.165) is 4.90 Å². The first-order valence-electron chi connectivity index (χ1n) is 8.58. The molecule has 8 nitrogen and oxygen atoms in total. The largest absolute Gasteiger partial charge is 0.493 e. The fourth-order valence-corrected chi connectivity index (χ4v) is 2.90. The third kappa shape index (κ3) is 3.71. The number of fused-ring (bicyclic) bond motifs is 1. The van der Waals surface area contributed by atoms with Crippen LogP contribution >= 0.6 is 0 Å². The maximum atomic E-state index is 12.5. The summed E-state index contributed by atoms with van der Waals surface area (Å²) in [5.41, 5.74) is 6.30. The second kappa shape index (κ2) is 7.91. The Kier molecular flexibility index (Phi) is 5.39. The molecule has 0 fully saturated rings. The van der Waals surface area contributed by atoms with Gasteiger partial charge in [-0.3, -0.25) is 19.3 Å². The van der Waals surface area contributed by atoms with Crippen LogP contribution in [0.2, 0.25) is 0 Å². The van der Waals surface area contributed by atoms with Gasteiger partial charge in [0.25, 0.3) is 17.7 Å². The highest BCUT2D eigenvalue weighted by Crippen LogP contribution is 2.27. The van der Waals surface area contributed by atoms with E-state index >= 15 is 0 Å². The van der Waals surface area contributed by atoms with Crippen molar-refractivity contribution in [2.75, 3.05) is 13.2 Å². The van der Waals surface area contributed by atoms with Crippen LogP contribution in [0.25, 0.3) is 0 Å². The molecule has 144 valence electrons. The summed E-state index contributed by atoms with van der Waals surface area (Å²) < 4.78 is 10.3. The predicted molar refractivity (Wildman–Crippen MR) is 97.7 cm³/mol. The zero-order valence-corrected chi connectivity index (χ0v) is 15.1. The lowest BCUT2D eigenvalue weighted by molar-refractivity contribution is -0.121. The fraction of sp³-hybridized carbons (Fsp3) is 0.200. The highest BCUT2D eigenvalue weighted by molar-refractivity contribution is 6.21. The number of esters is 1. The molecule has 1 aliphatic heterocycles. The van der Waals surface area contributed by atoms with Crippen molar-refractivity contribution < 1.29 is 28.7 Å². The first kappa shape index (κ1) is 19.1. The molecule has 28 heavy (non-hydrogen) atoms. The number of amides is 3. The molecule has 0 aliphatic carbocycles. The first-order valence-corrected chi connectivity index (χ1v) is 8.58.